The maximum absolute atomic E-state index is 12.1. The summed E-state index contributed by atoms with van der Waals surface area (Å²) < 4.78 is 0. The minimum absolute atomic E-state index is 0.241. The lowest BCUT2D eigenvalue weighted by molar-refractivity contribution is -0.146. The number of hydrogen-bond donors (Lipinski definition) is 2. The van der Waals surface area contributed by atoms with Crippen LogP contribution in [0, 0.1) is 6.92 Å². The quantitative estimate of drug-likeness (QED) is 0.777. The zero-order chi connectivity index (χ0) is 14.5. The van der Waals surface area contributed by atoms with Gasteiger partial charge in [0, 0.05) is 30.7 Å². The van der Waals surface area contributed by atoms with Crippen molar-refractivity contribution in [2.24, 2.45) is 0 Å². The summed E-state index contributed by atoms with van der Waals surface area (Å²) in [6, 6.07) is -0.241. The number of aryl methyl sites for hydroxylation is 1. The maximum atomic E-state index is 12.1. The Morgan fingerprint density at radius 2 is 2.25 bits per heavy atom. The lowest BCUT2D eigenvalue weighted by atomic mass is 10.3. The van der Waals surface area contributed by atoms with Gasteiger partial charge < -0.3 is 15.5 Å². The topological polar surface area (TPSA) is 74.3 Å². The summed E-state index contributed by atoms with van der Waals surface area (Å²) in [4.78, 5) is 30.0. The molecule has 2 rings (SSSR count). The van der Waals surface area contributed by atoms with Gasteiger partial charge in [0.2, 0.25) is 0 Å². The van der Waals surface area contributed by atoms with Crippen molar-refractivity contribution in [3.05, 3.63) is 16.1 Å². The zero-order valence-corrected chi connectivity index (χ0v) is 12.6. The van der Waals surface area contributed by atoms with Crippen molar-refractivity contribution in [1.29, 1.82) is 0 Å². The number of thiazole rings is 1. The Balaban J connectivity index is 1.91. The van der Waals surface area contributed by atoms with Gasteiger partial charge in [-0.25, -0.2) is 4.98 Å². The first kappa shape index (κ1) is 14.9. The summed E-state index contributed by atoms with van der Waals surface area (Å²) in [5.41, 5.74) is 0.927. The fourth-order valence-electron chi connectivity index (χ4n) is 2.08. The van der Waals surface area contributed by atoms with E-state index < -0.39 is 11.8 Å². The van der Waals surface area contributed by atoms with Crippen molar-refractivity contribution in [1.82, 2.24) is 20.5 Å². The molecule has 6 nitrogen and oxygen atoms in total. The molecule has 7 heteroatoms. The second-order valence-electron chi connectivity index (χ2n) is 4.92. The highest BCUT2D eigenvalue weighted by atomic mass is 32.1. The van der Waals surface area contributed by atoms with Crippen LogP contribution in [0.2, 0.25) is 0 Å². The average Bonchev–Trinajstić information content (AvgIpc) is 2.70. The first-order valence-corrected chi connectivity index (χ1v) is 7.68. The summed E-state index contributed by atoms with van der Waals surface area (Å²) >= 11 is 1.49. The number of rotatable bonds is 2. The van der Waals surface area contributed by atoms with E-state index in [0.717, 1.165) is 30.2 Å². The third-order valence-electron chi connectivity index (χ3n) is 3.18. The summed E-state index contributed by atoms with van der Waals surface area (Å²) in [5, 5.41) is 8.68. The van der Waals surface area contributed by atoms with E-state index >= 15 is 0 Å². The van der Waals surface area contributed by atoms with Gasteiger partial charge in [0.25, 0.3) is 0 Å². The maximum Gasteiger partial charge on any atom is 0.311 e. The average molecular weight is 296 g/mol. The first-order chi connectivity index (χ1) is 9.58. The molecule has 0 radical (unpaired) electrons. The number of carbonyl (C=O) groups excluding carboxylic acids is 2. The van der Waals surface area contributed by atoms with Crippen molar-refractivity contribution in [2.75, 3.05) is 26.2 Å². The van der Waals surface area contributed by atoms with Gasteiger partial charge in [0.05, 0.1) is 6.04 Å². The predicted molar refractivity (Wildman–Crippen MR) is 77.5 cm³/mol. The molecule has 20 heavy (non-hydrogen) atoms. The van der Waals surface area contributed by atoms with Crippen LogP contribution in [0.4, 0.5) is 0 Å². The van der Waals surface area contributed by atoms with E-state index in [2.05, 4.69) is 15.6 Å². The smallest absolute Gasteiger partial charge is 0.311 e. The standard InChI is InChI=1S/C13H20N4O2S/c1-9-8-20-12(15-9)10(2)16-11(18)13(19)17-6-3-4-14-5-7-17/h8,10,14H,3-7H2,1-2H3,(H,16,18). The van der Waals surface area contributed by atoms with Gasteiger partial charge >= 0.3 is 11.8 Å². The molecule has 1 saturated heterocycles. The summed E-state index contributed by atoms with van der Waals surface area (Å²) in [7, 11) is 0. The Morgan fingerprint density at radius 3 is 2.95 bits per heavy atom. The van der Waals surface area contributed by atoms with Crippen LogP contribution >= 0.6 is 11.3 Å². The van der Waals surface area contributed by atoms with Crippen molar-refractivity contribution in [3.63, 3.8) is 0 Å². The number of amides is 2. The van der Waals surface area contributed by atoms with E-state index in [1.54, 1.807) is 4.90 Å². The Morgan fingerprint density at radius 1 is 1.45 bits per heavy atom. The second kappa shape index (κ2) is 6.81. The monoisotopic (exact) mass is 296 g/mol. The molecule has 1 aliphatic rings. The van der Waals surface area contributed by atoms with Crippen LogP contribution in [0.25, 0.3) is 0 Å². The molecule has 0 saturated carbocycles. The minimum Gasteiger partial charge on any atom is -0.339 e. The molecule has 2 N–H and O–H groups in total. The van der Waals surface area contributed by atoms with E-state index in [9.17, 15) is 9.59 Å². The molecule has 1 aliphatic heterocycles. The molecular weight excluding hydrogens is 276 g/mol. The molecule has 2 heterocycles. The second-order valence-corrected chi connectivity index (χ2v) is 5.81. The summed E-state index contributed by atoms with van der Waals surface area (Å²) in [6.45, 7) is 6.58. The van der Waals surface area contributed by atoms with E-state index in [1.807, 2.05) is 19.2 Å². The molecule has 1 aromatic heterocycles. The third kappa shape index (κ3) is 3.77. The molecule has 0 aromatic carbocycles. The van der Waals surface area contributed by atoms with Gasteiger partial charge in [0.15, 0.2) is 0 Å². The van der Waals surface area contributed by atoms with Gasteiger partial charge in [-0.2, -0.15) is 0 Å². The van der Waals surface area contributed by atoms with E-state index in [-0.39, 0.29) is 6.04 Å². The lowest BCUT2D eigenvalue weighted by Gasteiger charge is -2.20. The molecule has 110 valence electrons. The van der Waals surface area contributed by atoms with Crippen LogP contribution in [0.3, 0.4) is 0 Å². The van der Waals surface area contributed by atoms with Crippen molar-refractivity contribution in [3.8, 4) is 0 Å². The number of hydrogen-bond acceptors (Lipinski definition) is 5. The molecular formula is C13H20N4O2S. The SMILES string of the molecule is Cc1csc(C(C)NC(=O)C(=O)N2CCCNCC2)n1. The molecule has 1 aromatic rings. The van der Waals surface area contributed by atoms with Crippen LogP contribution < -0.4 is 10.6 Å². The summed E-state index contributed by atoms with van der Waals surface area (Å²) in [6.07, 6.45) is 0.875. The highest BCUT2D eigenvalue weighted by Gasteiger charge is 2.24. The van der Waals surface area contributed by atoms with Crippen LogP contribution in [0.1, 0.15) is 30.1 Å². The lowest BCUT2D eigenvalue weighted by Crippen LogP contribution is -2.45. The Labute approximate surface area is 122 Å². The molecule has 2 amide bonds. The Bertz CT molecular complexity index is 480. The van der Waals surface area contributed by atoms with E-state index in [1.165, 1.54) is 11.3 Å². The molecule has 1 atom stereocenters. The molecule has 1 unspecified atom stereocenters. The van der Waals surface area contributed by atoms with Gasteiger partial charge in [-0.15, -0.1) is 11.3 Å². The Kier molecular flexibility index (Phi) is 5.08. The highest BCUT2D eigenvalue weighted by Crippen LogP contribution is 2.17. The van der Waals surface area contributed by atoms with Crippen LogP contribution in [0.15, 0.2) is 5.38 Å². The van der Waals surface area contributed by atoms with Crippen LogP contribution in [-0.2, 0) is 9.59 Å². The van der Waals surface area contributed by atoms with Gasteiger partial charge in [0.1, 0.15) is 5.01 Å². The van der Waals surface area contributed by atoms with E-state index in [0.29, 0.717) is 13.1 Å². The van der Waals surface area contributed by atoms with Crippen molar-refractivity contribution >= 4 is 23.2 Å². The minimum atomic E-state index is -0.549. The van der Waals surface area contributed by atoms with Crippen molar-refractivity contribution in [2.45, 2.75) is 26.3 Å². The molecule has 0 bridgehead atoms. The van der Waals surface area contributed by atoms with Gasteiger partial charge in [-0.05, 0) is 26.8 Å². The van der Waals surface area contributed by atoms with Crippen LogP contribution in [0.5, 0.6) is 0 Å². The third-order valence-corrected chi connectivity index (χ3v) is 4.32. The van der Waals surface area contributed by atoms with E-state index in [4.69, 9.17) is 0 Å². The molecule has 0 aliphatic carbocycles. The van der Waals surface area contributed by atoms with Gasteiger partial charge in [-0.1, -0.05) is 0 Å². The first-order valence-electron chi connectivity index (χ1n) is 6.80. The normalized spacial score (nSPS) is 17.4. The number of nitrogens with one attached hydrogen (secondary N) is 2. The molecule has 1 fully saturated rings. The largest absolute Gasteiger partial charge is 0.339 e. The zero-order valence-electron chi connectivity index (χ0n) is 11.8. The predicted octanol–water partition coefficient (Wildman–Crippen LogP) is 0.451. The van der Waals surface area contributed by atoms with Crippen molar-refractivity contribution < 1.29 is 9.59 Å². The highest BCUT2D eigenvalue weighted by molar-refractivity contribution is 7.09. The fraction of sp³-hybridized carbons (Fsp3) is 0.615. The number of carbonyl (C=O) groups is 2. The fourth-order valence-corrected chi connectivity index (χ4v) is 2.89. The van der Waals surface area contributed by atoms with Gasteiger partial charge in [-0.3, -0.25) is 9.59 Å². The number of nitrogens with zero attached hydrogens (tertiary/aromatic N) is 2. The number of aromatic nitrogens is 1. The molecule has 0 spiro atoms. The Hall–Kier alpha value is -1.47. The summed E-state index contributed by atoms with van der Waals surface area (Å²) in [5.74, 6) is -0.999. The van der Waals surface area contributed by atoms with Crippen LogP contribution in [-0.4, -0.2) is 47.9 Å².